The minimum Gasteiger partial charge on any atom is -0.293 e. The van der Waals surface area contributed by atoms with E-state index in [2.05, 4.69) is 114 Å². The SMILES string of the molecule is c1ccc(-c2cc(-c3ccccc3)n3c4ncccc4c4c5ccccc5ccc4c23)cc1. The first-order chi connectivity index (χ1) is 16.4. The molecule has 2 nitrogen and oxygen atoms in total. The van der Waals surface area contributed by atoms with E-state index in [-0.39, 0.29) is 0 Å². The molecule has 4 aromatic carbocycles. The van der Waals surface area contributed by atoms with Gasteiger partial charge in [0.1, 0.15) is 5.65 Å². The van der Waals surface area contributed by atoms with Crippen LogP contribution in [0, 0.1) is 0 Å². The summed E-state index contributed by atoms with van der Waals surface area (Å²) < 4.78 is 2.35. The highest BCUT2D eigenvalue weighted by atomic mass is 15.0. The summed E-state index contributed by atoms with van der Waals surface area (Å²) in [5.74, 6) is 0. The molecule has 3 aromatic heterocycles. The maximum Gasteiger partial charge on any atom is 0.145 e. The molecule has 7 aromatic rings. The molecule has 0 aliphatic rings. The van der Waals surface area contributed by atoms with Crippen LogP contribution in [-0.2, 0) is 0 Å². The Labute approximate surface area is 191 Å². The fourth-order valence-corrected chi connectivity index (χ4v) is 5.18. The number of nitrogens with zero attached hydrogens (tertiary/aromatic N) is 2. The van der Waals surface area contributed by atoms with Crippen molar-refractivity contribution in [2.75, 3.05) is 0 Å². The van der Waals surface area contributed by atoms with Crippen molar-refractivity contribution in [3.05, 3.63) is 121 Å². The Kier molecular flexibility index (Phi) is 3.88. The Hall–Kier alpha value is -4.43. The van der Waals surface area contributed by atoms with Crippen LogP contribution in [0.5, 0.6) is 0 Å². The minimum absolute atomic E-state index is 0.984. The van der Waals surface area contributed by atoms with Crippen LogP contribution in [0.15, 0.2) is 121 Å². The third kappa shape index (κ3) is 2.64. The van der Waals surface area contributed by atoms with Crippen LogP contribution >= 0.6 is 0 Å². The van der Waals surface area contributed by atoms with Crippen LogP contribution < -0.4 is 0 Å². The number of rotatable bonds is 2. The van der Waals surface area contributed by atoms with Gasteiger partial charge in [0.15, 0.2) is 0 Å². The molecule has 7 rings (SSSR count). The van der Waals surface area contributed by atoms with Gasteiger partial charge in [-0.25, -0.2) is 4.98 Å². The first-order valence-electron chi connectivity index (χ1n) is 11.2. The van der Waals surface area contributed by atoms with Crippen molar-refractivity contribution >= 4 is 38.1 Å². The third-order valence-corrected chi connectivity index (χ3v) is 6.61. The van der Waals surface area contributed by atoms with Crippen molar-refractivity contribution in [2.24, 2.45) is 0 Å². The third-order valence-electron chi connectivity index (χ3n) is 6.61. The molecule has 0 aliphatic heterocycles. The van der Waals surface area contributed by atoms with Gasteiger partial charge >= 0.3 is 0 Å². The molecule has 0 fully saturated rings. The second kappa shape index (κ2) is 7.04. The minimum atomic E-state index is 0.984. The van der Waals surface area contributed by atoms with Crippen molar-refractivity contribution < 1.29 is 0 Å². The average molecular weight is 421 g/mol. The number of hydrogen-bond acceptors (Lipinski definition) is 1. The maximum atomic E-state index is 4.92. The molecule has 0 bridgehead atoms. The molecule has 3 heterocycles. The summed E-state index contributed by atoms with van der Waals surface area (Å²) in [6.45, 7) is 0. The fourth-order valence-electron chi connectivity index (χ4n) is 5.18. The van der Waals surface area contributed by atoms with E-state index in [1.165, 1.54) is 49.1 Å². The van der Waals surface area contributed by atoms with Crippen molar-refractivity contribution in [2.45, 2.75) is 0 Å². The standard InChI is InChI=1S/C31H20N2/c1-3-10-21(11-4-1)27-20-28(23-13-5-2-6-14-23)33-30(27)25-18-17-22-12-7-8-15-24(22)29(25)26-16-9-19-32-31(26)33/h1-20H. The molecule has 154 valence electrons. The topological polar surface area (TPSA) is 17.3 Å². The van der Waals surface area contributed by atoms with Crippen LogP contribution in [0.25, 0.3) is 60.5 Å². The lowest BCUT2D eigenvalue weighted by molar-refractivity contribution is 1.21. The summed E-state index contributed by atoms with van der Waals surface area (Å²) in [4.78, 5) is 4.92. The molecule has 33 heavy (non-hydrogen) atoms. The van der Waals surface area contributed by atoms with Gasteiger partial charge in [0.2, 0.25) is 0 Å². The van der Waals surface area contributed by atoms with Gasteiger partial charge in [-0.1, -0.05) is 97.1 Å². The molecule has 2 heteroatoms. The Morgan fingerprint density at radius 2 is 1.24 bits per heavy atom. The highest BCUT2D eigenvalue weighted by molar-refractivity contribution is 6.25. The van der Waals surface area contributed by atoms with Crippen LogP contribution in [0.1, 0.15) is 0 Å². The molecular formula is C31H20N2. The highest BCUT2D eigenvalue weighted by Crippen LogP contribution is 2.42. The normalized spacial score (nSPS) is 11.6. The molecule has 0 radical (unpaired) electrons. The van der Waals surface area contributed by atoms with Crippen LogP contribution in [0.4, 0.5) is 0 Å². The Morgan fingerprint density at radius 1 is 0.545 bits per heavy atom. The zero-order valence-electron chi connectivity index (χ0n) is 17.9. The summed E-state index contributed by atoms with van der Waals surface area (Å²) in [7, 11) is 0. The number of pyridine rings is 2. The molecule has 0 unspecified atom stereocenters. The Morgan fingerprint density at radius 3 is 2.06 bits per heavy atom. The zero-order valence-corrected chi connectivity index (χ0v) is 17.9. The summed E-state index contributed by atoms with van der Waals surface area (Å²) in [5, 5.41) is 6.19. The van der Waals surface area contributed by atoms with Gasteiger partial charge in [0.25, 0.3) is 0 Å². The Balaban J connectivity index is 1.79. The van der Waals surface area contributed by atoms with Crippen LogP contribution in [0.2, 0.25) is 0 Å². The maximum absolute atomic E-state index is 4.92. The molecule has 0 aliphatic carbocycles. The molecule has 0 atom stereocenters. The van der Waals surface area contributed by atoms with E-state index in [9.17, 15) is 0 Å². The van der Waals surface area contributed by atoms with Gasteiger partial charge in [-0.3, -0.25) is 4.40 Å². The molecule has 0 N–H and O–H groups in total. The number of benzene rings is 4. The van der Waals surface area contributed by atoms with Gasteiger partial charge in [0, 0.05) is 27.9 Å². The highest BCUT2D eigenvalue weighted by Gasteiger charge is 2.20. The lowest BCUT2D eigenvalue weighted by Gasteiger charge is -2.14. The molecule has 0 saturated carbocycles. The van der Waals surface area contributed by atoms with E-state index in [4.69, 9.17) is 4.98 Å². The Bertz CT molecular complexity index is 1800. The van der Waals surface area contributed by atoms with E-state index in [1.54, 1.807) is 0 Å². The number of hydrogen-bond donors (Lipinski definition) is 0. The van der Waals surface area contributed by atoms with Crippen LogP contribution in [-0.4, -0.2) is 9.38 Å². The lowest BCUT2D eigenvalue weighted by atomic mass is 9.97. The van der Waals surface area contributed by atoms with Crippen molar-refractivity contribution in [3.8, 4) is 22.4 Å². The summed E-state index contributed by atoms with van der Waals surface area (Å²) in [6.07, 6.45) is 1.90. The predicted molar refractivity (Wildman–Crippen MR) is 139 cm³/mol. The van der Waals surface area contributed by atoms with Gasteiger partial charge in [0.05, 0.1) is 11.2 Å². The number of aromatic nitrogens is 2. The predicted octanol–water partition coefficient (Wildman–Crippen LogP) is 8.13. The van der Waals surface area contributed by atoms with E-state index in [0.717, 1.165) is 11.3 Å². The summed E-state index contributed by atoms with van der Waals surface area (Å²) in [6, 6.07) is 41.0. The molecule has 0 spiro atoms. The lowest BCUT2D eigenvalue weighted by Crippen LogP contribution is -1.96. The van der Waals surface area contributed by atoms with Crippen LogP contribution in [0.3, 0.4) is 0 Å². The first-order valence-corrected chi connectivity index (χ1v) is 11.2. The van der Waals surface area contributed by atoms with Gasteiger partial charge < -0.3 is 0 Å². The number of fused-ring (bicyclic) bond motifs is 8. The summed E-state index contributed by atoms with van der Waals surface area (Å²) in [5.41, 5.74) is 6.96. The van der Waals surface area contributed by atoms with Gasteiger partial charge in [-0.15, -0.1) is 0 Å². The van der Waals surface area contributed by atoms with Gasteiger partial charge in [-0.05, 0) is 40.1 Å². The fraction of sp³-hybridized carbons (Fsp3) is 0. The molecular weight excluding hydrogens is 400 g/mol. The second-order valence-corrected chi connectivity index (χ2v) is 8.44. The summed E-state index contributed by atoms with van der Waals surface area (Å²) >= 11 is 0. The monoisotopic (exact) mass is 420 g/mol. The van der Waals surface area contributed by atoms with E-state index >= 15 is 0 Å². The van der Waals surface area contributed by atoms with E-state index in [1.807, 2.05) is 12.3 Å². The first kappa shape index (κ1) is 18.2. The van der Waals surface area contributed by atoms with E-state index < -0.39 is 0 Å². The second-order valence-electron chi connectivity index (χ2n) is 8.44. The van der Waals surface area contributed by atoms with Crippen molar-refractivity contribution in [1.29, 1.82) is 0 Å². The molecule has 0 saturated heterocycles. The molecule has 0 amide bonds. The zero-order chi connectivity index (χ0) is 21.8. The average Bonchev–Trinajstić information content (AvgIpc) is 3.31. The van der Waals surface area contributed by atoms with Gasteiger partial charge in [-0.2, -0.15) is 0 Å². The quantitative estimate of drug-likeness (QED) is 0.258. The van der Waals surface area contributed by atoms with Crippen molar-refractivity contribution in [1.82, 2.24) is 9.38 Å². The smallest absolute Gasteiger partial charge is 0.145 e. The largest absolute Gasteiger partial charge is 0.293 e. The van der Waals surface area contributed by atoms with E-state index in [0.29, 0.717) is 0 Å². The van der Waals surface area contributed by atoms with Crippen molar-refractivity contribution in [3.63, 3.8) is 0 Å².